The van der Waals surface area contributed by atoms with Gasteiger partial charge in [-0.1, -0.05) is 5.57 Å². The van der Waals surface area contributed by atoms with Crippen LogP contribution in [0.5, 0.6) is 5.75 Å². The van der Waals surface area contributed by atoms with Crippen LogP contribution in [0, 0.1) is 0 Å². The molecule has 0 spiro atoms. The van der Waals surface area contributed by atoms with Gasteiger partial charge in [0.15, 0.2) is 0 Å². The highest BCUT2D eigenvalue weighted by atomic mass is 16.5. The van der Waals surface area contributed by atoms with E-state index in [-0.39, 0.29) is 5.91 Å². The number of likely N-dealkylation sites (N-methyl/N-ethyl adjacent to an activating group) is 1. The first-order valence-electron chi connectivity index (χ1n) is 8.12. The van der Waals surface area contributed by atoms with Crippen molar-refractivity contribution in [2.45, 2.75) is 13.8 Å². The molecule has 126 valence electrons. The molecule has 2 rings (SSSR count). The third-order valence-corrected chi connectivity index (χ3v) is 3.81. The Kier molecular flexibility index (Phi) is 6.62. The number of benzene rings is 1. The predicted molar refractivity (Wildman–Crippen MR) is 93.9 cm³/mol. The van der Waals surface area contributed by atoms with Gasteiger partial charge in [0.25, 0.3) is 0 Å². The highest BCUT2D eigenvalue weighted by Gasteiger charge is 2.13. The quantitative estimate of drug-likeness (QED) is 0.817. The van der Waals surface area contributed by atoms with Gasteiger partial charge in [0.2, 0.25) is 5.91 Å². The predicted octanol–water partition coefficient (Wildman–Crippen LogP) is 2.22. The molecule has 1 heterocycles. The van der Waals surface area contributed by atoms with Crippen LogP contribution in [0.4, 0.5) is 5.69 Å². The number of ether oxygens (including phenoxy) is 1. The number of nitrogens with zero attached hydrogens (tertiary/aromatic N) is 2. The van der Waals surface area contributed by atoms with Crippen molar-refractivity contribution in [3.63, 3.8) is 0 Å². The third kappa shape index (κ3) is 6.42. The van der Waals surface area contributed by atoms with Gasteiger partial charge in [0.1, 0.15) is 12.4 Å². The number of rotatable bonds is 6. The number of anilines is 1. The van der Waals surface area contributed by atoms with Crippen molar-refractivity contribution in [2.24, 2.45) is 0 Å². The highest BCUT2D eigenvalue weighted by Crippen LogP contribution is 2.16. The van der Waals surface area contributed by atoms with Gasteiger partial charge in [0, 0.05) is 44.5 Å². The minimum atomic E-state index is -0.103. The van der Waals surface area contributed by atoms with Gasteiger partial charge in [0.05, 0.1) is 0 Å². The fourth-order valence-electron chi connectivity index (χ4n) is 2.44. The van der Waals surface area contributed by atoms with E-state index >= 15 is 0 Å². The van der Waals surface area contributed by atoms with Crippen LogP contribution in [0.2, 0.25) is 0 Å². The summed E-state index contributed by atoms with van der Waals surface area (Å²) in [5.74, 6) is 0.730. The summed E-state index contributed by atoms with van der Waals surface area (Å²) in [6.45, 7) is 9.90. The lowest BCUT2D eigenvalue weighted by molar-refractivity contribution is -0.111. The maximum atomic E-state index is 11.7. The average molecular weight is 317 g/mol. The molecular formula is C18H27N3O2. The molecule has 1 aromatic carbocycles. The van der Waals surface area contributed by atoms with Gasteiger partial charge in [-0.05, 0) is 45.2 Å². The Morgan fingerprint density at radius 3 is 2.43 bits per heavy atom. The molecule has 0 aromatic heterocycles. The number of nitrogens with one attached hydrogen (secondary N) is 1. The topological polar surface area (TPSA) is 44.8 Å². The van der Waals surface area contributed by atoms with Crippen LogP contribution in [0.1, 0.15) is 13.8 Å². The Morgan fingerprint density at radius 1 is 1.17 bits per heavy atom. The zero-order chi connectivity index (χ0) is 16.7. The van der Waals surface area contributed by atoms with Gasteiger partial charge >= 0.3 is 0 Å². The Hall–Kier alpha value is -1.85. The van der Waals surface area contributed by atoms with Gasteiger partial charge in [-0.3, -0.25) is 9.69 Å². The smallest absolute Gasteiger partial charge is 0.248 e. The normalized spacial score (nSPS) is 16.0. The third-order valence-electron chi connectivity index (χ3n) is 3.81. The molecule has 0 unspecified atom stereocenters. The van der Waals surface area contributed by atoms with E-state index in [1.807, 2.05) is 38.1 Å². The van der Waals surface area contributed by atoms with Crippen LogP contribution in [0.15, 0.2) is 35.9 Å². The second-order valence-corrected chi connectivity index (χ2v) is 6.23. The zero-order valence-electron chi connectivity index (χ0n) is 14.3. The average Bonchev–Trinajstić information content (AvgIpc) is 2.50. The maximum Gasteiger partial charge on any atom is 0.248 e. The number of carbonyl (C=O) groups is 1. The summed E-state index contributed by atoms with van der Waals surface area (Å²) in [5, 5.41) is 2.83. The van der Waals surface area contributed by atoms with E-state index in [4.69, 9.17) is 4.74 Å². The SMILES string of the molecule is CC(C)=CC(=O)Nc1ccc(OCCN2CCN(C)CC2)cc1. The second-order valence-electron chi connectivity index (χ2n) is 6.23. The Bertz CT molecular complexity index is 528. The van der Waals surface area contributed by atoms with Crippen LogP contribution in [-0.2, 0) is 4.79 Å². The lowest BCUT2D eigenvalue weighted by atomic mass is 10.2. The second kappa shape index (κ2) is 8.70. The van der Waals surface area contributed by atoms with Crippen molar-refractivity contribution in [3.05, 3.63) is 35.9 Å². The largest absolute Gasteiger partial charge is 0.492 e. The molecule has 0 atom stereocenters. The van der Waals surface area contributed by atoms with Crippen LogP contribution >= 0.6 is 0 Å². The molecule has 1 fully saturated rings. The lowest BCUT2D eigenvalue weighted by Gasteiger charge is -2.32. The Balaban J connectivity index is 1.72. The maximum absolute atomic E-state index is 11.7. The van der Waals surface area contributed by atoms with Crippen molar-refractivity contribution in [2.75, 3.05) is 51.7 Å². The van der Waals surface area contributed by atoms with Crippen molar-refractivity contribution >= 4 is 11.6 Å². The number of amides is 1. The van der Waals surface area contributed by atoms with Crippen molar-refractivity contribution < 1.29 is 9.53 Å². The zero-order valence-corrected chi connectivity index (χ0v) is 14.3. The molecule has 1 N–H and O–H groups in total. The molecule has 1 aliphatic rings. The van der Waals surface area contributed by atoms with Gasteiger partial charge < -0.3 is 15.0 Å². The van der Waals surface area contributed by atoms with Crippen molar-refractivity contribution in [3.8, 4) is 5.75 Å². The molecule has 1 amide bonds. The van der Waals surface area contributed by atoms with Crippen LogP contribution in [0.3, 0.4) is 0 Å². The highest BCUT2D eigenvalue weighted by molar-refractivity contribution is 5.99. The molecular weight excluding hydrogens is 290 g/mol. The number of carbonyl (C=O) groups excluding carboxylic acids is 1. The fraction of sp³-hybridized carbons (Fsp3) is 0.500. The number of piperazine rings is 1. The summed E-state index contributed by atoms with van der Waals surface area (Å²) in [5.41, 5.74) is 1.75. The van der Waals surface area contributed by atoms with E-state index in [1.54, 1.807) is 6.08 Å². The van der Waals surface area contributed by atoms with E-state index in [2.05, 4.69) is 22.2 Å². The standard InChI is InChI=1S/C18H27N3O2/c1-15(2)14-18(22)19-16-4-6-17(7-5-16)23-13-12-21-10-8-20(3)9-11-21/h4-7,14H,8-13H2,1-3H3,(H,19,22). The number of allylic oxidation sites excluding steroid dienone is 1. The summed E-state index contributed by atoms with van der Waals surface area (Å²) in [4.78, 5) is 16.4. The van der Waals surface area contributed by atoms with Crippen LogP contribution in [0.25, 0.3) is 0 Å². The van der Waals surface area contributed by atoms with E-state index < -0.39 is 0 Å². The summed E-state index contributed by atoms with van der Waals surface area (Å²) in [6.07, 6.45) is 1.58. The summed E-state index contributed by atoms with van der Waals surface area (Å²) in [6, 6.07) is 7.51. The molecule has 1 aliphatic heterocycles. The molecule has 5 heteroatoms. The number of hydrogen-bond acceptors (Lipinski definition) is 4. The van der Waals surface area contributed by atoms with Gasteiger partial charge in [-0.2, -0.15) is 0 Å². The first-order chi connectivity index (χ1) is 11.0. The van der Waals surface area contributed by atoms with E-state index in [1.165, 1.54) is 0 Å². The summed E-state index contributed by atoms with van der Waals surface area (Å²) in [7, 11) is 2.16. The van der Waals surface area contributed by atoms with Crippen LogP contribution in [-0.4, -0.2) is 62.1 Å². The number of hydrogen-bond donors (Lipinski definition) is 1. The van der Waals surface area contributed by atoms with Crippen molar-refractivity contribution in [1.29, 1.82) is 0 Å². The molecule has 5 nitrogen and oxygen atoms in total. The van der Waals surface area contributed by atoms with E-state index in [0.717, 1.165) is 49.7 Å². The summed E-state index contributed by atoms with van der Waals surface area (Å²) < 4.78 is 5.78. The molecule has 0 radical (unpaired) electrons. The molecule has 0 bridgehead atoms. The first-order valence-corrected chi connectivity index (χ1v) is 8.12. The minimum Gasteiger partial charge on any atom is -0.492 e. The van der Waals surface area contributed by atoms with E-state index in [9.17, 15) is 4.79 Å². The van der Waals surface area contributed by atoms with Crippen LogP contribution < -0.4 is 10.1 Å². The van der Waals surface area contributed by atoms with E-state index in [0.29, 0.717) is 6.61 Å². The molecule has 23 heavy (non-hydrogen) atoms. The minimum absolute atomic E-state index is 0.103. The molecule has 1 saturated heterocycles. The summed E-state index contributed by atoms with van der Waals surface area (Å²) >= 11 is 0. The van der Waals surface area contributed by atoms with Crippen molar-refractivity contribution in [1.82, 2.24) is 9.80 Å². The molecule has 0 aliphatic carbocycles. The Labute approximate surface area is 138 Å². The van der Waals surface area contributed by atoms with Gasteiger partial charge in [-0.25, -0.2) is 0 Å². The Morgan fingerprint density at radius 2 is 1.83 bits per heavy atom. The molecule has 1 aromatic rings. The van der Waals surface area contributed by atoms with Gasteiger partial charge in [-0.15, -0.1) is 0 Å². The fourth-order valence-corrected chi connectivity index (χ4v) is 2.44. The monoisotopic (exact) mass is 317 g/mol. The molecule has 0 saturated carbocycles. The first kappa shape index (κ1) is 17.5. The lowest BCUT2D eigenvalue weighted by Crippen LogP contribution is -2.45.